The van der Waals surface area contributed by atoms with Gasteiger partial charge in [0, 0.05) is 18.8 Å². The third-order valence-electron chi connectivity index (χ3n) is 3.00. The Morgan fingerprint density at radius 2 is 1.95 bits per heavy atom. The van der Waals surface area contributed by atoms with E-state index in [1.165, 1.54) is 17.3 Å². The molecule has 0 bridgehead atoms. The van der Waals surface area contributed by atoms with Crippen molar-refractivity contribution in [1.82, 2.24) is 4.90 Å². The Morgan fingerprint density at radius 1 is 1.30 bits per heavy atom. The smallest absolute Gasteiger partial charge is 0.234 e. The predicted octanol–water partition coefficient (Wildman–Crippen LogP) is 3.60. The summed E-state index contributed by atoms with van der Waals surface area (Å²) in [6.45, 7) is 9.91. The van der Waals surface area contributed by atoms with E-state index >= 15 is 0 Å². The van der Waals surface area contributed by atoms with Crippen LogP contribution in [0, 0.1) is 13.8 Å². The zero-order valence-electron chi connectivity index (χ0n) is 12.5. The number of thiocarbonyl (C=S) groups is 1. The minimum absolute atomic E-state index is 0.0172. The average Bonchev–Trinajstić information content (AvgIpc) is 2.41. The summed E-state index contributed by atoms with van der Waals surface area (Å²) in [5.41, 5.74) is 3.14. The average molecular weight is 310 g/mol. The van der Waals surface area contributed by atoms with Gasteiger partial charge in [-0.25, -0.2) is 0 Å². The fourth-order valence-corrected chi connectivity index (χ4v) is 3.04. The Labute approximate surface area is 131 Å². The first-order valence-corrected chi connectivity index (χ1v) is 8.16. The SMILES string of the molecule is CCN(CC)C(=S)SCC(=O)Nc1ccc(C)cc1C. The summed E-state index contributed by atoms with van der Waals surface area (Å²) in [5, 5.41) is 2.93. The lowest BCUT2D eigenvalue weighted by molar-refractivity contribution is -0.113. The minimum Gasteiger partial charge on any atom is -0.358 e. The molecule has 0 aliphatic rings. The Morgan fingerprint density at radius 3 is 2.50 bits per heavy atom. The molecule has 20 heavy (non-hydrogen) atoms. The molecular formula is C15H22N2OS2. The van der Waals surface area contributed by atoms with Crippen LogP contribution < -0.4 is 5.32 Å². The second-order valence-electron chi connectivity index (χ2n) is 4.59. The molecule has 0 atom stereocenters. The van der Waals surface area contributed by atoms with Crippen molar-refractivity contribution in [2.24, 2.45) is 0 Å². The highest BCUT2D eigenvalue weighted by Gasteiger charge is 2.10. The van der Waals surface area contributed by atoms with Gasteiger partial charge in [0.05, 0.1) is 5.75 Å². The molecule has 0 aromatic heterocycles. The number of anilines is 1. The van der Waals surface area contributed by atoms with Crippen LogP contribution in [0.25, 0.3) is 0 Å². The summed E-state index contributed by atoms with van der Waals surface area (Å²) >= 11 is 6.72. The van der Waals surface area contributed by atoms with Gasteiger partial charge in [-0.3, -0.25) is 4.79 Å². The quantitative estimate of drug-likeness (QED) is 0.842. The first-order chi connectivity index (χ1) is 9.47. The molecule has 110 valence electrons. The monoisotopic (exact) mass is 310 g/mol. The largest absolute Gasteiger partial charge is 0.358 e. The molecule has 1 rings (SSSR count). The molecule has 0 spiro atoms. The number of amides is 1. The number of hydrogen-bond donors (Lipinski definition) is 1. The number of rotatable bonds is 5. The fourth-order valence-electron chi connectivity index (χ4n) is 1.84. The molecule has 1 amide bonds. The summed E-state index contributed by atoms with van der Waals surface area (Å²) in [4.78, 5) is 14.0. The predicted molar refractivity (Wildman–Crippen MR) is 92.5 cm³/mol. The summed E-state index contributed by atoms with van der Waals surface area (Å²) < 4.78 is 0.783. The van der Waals surface area contributed by atoms with E-state index in [4.69, 9.17) is 12.2 Å². The first-order valence-electron chi connectivity index (χ1n) is 6.76. The van der Waals surface area contributed by atoms with E-state index < -0.39 is 0 Å². The molecule has 0 radical (unpaired) electrons. The van der Waals surface area contributed by atoms with E-state index in [2.05, 4.69) is 30.1 Å². The van der Waals surface area contributed by atoms with Gasteiger partial charge in [-0.05, 0) is 39.3 Å². The van der Waals surface area contributed by atoms with Gasteiger partial charge in [-0.1, -0.05) is 41.7 Å². The third-order valence-corrected chi connectivity index (χ3v) is 4.53. The maximum absolute atomic E-state index is 11.9. The van der Waals surface area contributed by atoms with Crippen LogP contribution in [0.15, 0.2) is 18.2 Å². The van der Waals surface area contributed by atoms with Crippen molar-refractivity contribution in [1.29, 1.82) is 0 Å². The zero-order chi connectivity index (χ0) is 15.1. The highest BCUT2D eigenvalue weighted by molar-refractivity contribution is 8.23. The van der Waals surface area contributed by atoms with E-state index in [-0.39, 0.29) is 5.91 Å². The second-order valence-corrected chi connectivity index (χ2v) is 6.20. The summed E-state index contributed by atoms with van der Waals surface area (Å²) in [7, 11) is 0. The molecule has 1 N–H and O–H groups in total. The lowest BCUT2D eigenvalue weighted by Crippen LogP contribution is -2.28. The van der Waals surface area contributed by atoms with Crippen LogP contribution in [0.3, 0.4) is 0 Å². The van der Waals surface area contributed by atoms with Gasteiger partial charge in [0.15, 0.2) is 0 Å². The summed E-state index contributed by atoms with van der Waals surface area (Å²) in [5.74, 6) is 0.333. The highest BCUT2D eigenvalue weighted by atomic mass is 32.2. The number of nitrogens with one attached hydrogen (secondary N) is 1. The van der Waals surface area contributed by atoms with E-state index in [9.17, 15) is 4.79 Å². The van der Waals surface area contributed by atoms with Crippen molar-refractivity contribution in [2.45, 2.75) is 27.7 Å². The fraction of sp³-hybridized carbons (Fsp3) is 0.467. The molecule has 0 unspecified atom stereocenters. The molecule has 0 fully saturated rings. The van der Waals surface area contributed by atoms with Gasteiger partial charge in [-0.15, -0.1) is 0 Å². The standard InChI is InChI=1S/C15H22N2OS2/c1-5-17(6-2)15(19)20-10-14(18)16-13-8-7-11(3)9-12(13)4/h7-9H,5-6,10H2,1-4H3,(H,16,18). The van der Waals surface area contributed by atoms with Crippen LogP contribution in [0.5, 0.6) is 0 Å². The van der Waals surface area contributed by atoms with Gasteiger partial charge in [0.25, 0.3) is 0 Å². The van der Waals surface area contributed by atoms with Gasteiger partial charge < -0.3 is 10.2 Å². The molecule has 1 aromatic rings. The van der Waals surface area contributed by atoms with Gasteiger partial charge in [-0.2, -0.15) is 0 Å². The molecule has 0 aliphatic heterocycles. The lowest BCUT2D eigenvalue weighted by atomic mass is 10.1. The number of thioether (sulfide) groups is 1. The molecule has 3 nitrogen and oxygen atoms in total. The Kier molecular flexibility index (Phi) is 7.02. The number of aryl methyl sites for hydroxylation is 2. The first kappa shape index (κ1) is 17.0. The third kappa shape index (κ3) is 5.13. The summed E-state index contributed by atoms with van der Waals surface area (Å²) in [6.07, 6.45) is 0. The maximum atomic E-state index is 11.9. The Bertz CT molecular complexity index is 485. The van der Waals surface area contributed by atoms with Crippen molar-refractivity contribution in [2.75, 3.05) is 24.2 Å². The Hall–Kier alpha value is -1.07. The Balaban J connectivity index is 2.50. The molecule has 5 heteroatoms. The van der Waals surface area contributed by atoms with Crippen LogP contribution >= 0.6 is 24.0 Å². The molecule has 1 aromatic carbocycles. The number of hydrogen-bond acceptors (Lipinski definition) is 3. The van der Waals surface area contributed by atoms with Crippen LogP contribution in [0.2, 0.25) is 0 Å². The van der Waals surface area contributed by atoms with Crippen LogP contribution in [-0.4, -0.2) is 34.0 Å². The number of carbonyl (C=O) groups is 1. The van der Waals surface area contributed by atoms with Crippen LogP contribution in [-0.2, 0) is 4.79 Å². The van der Waals surface area contributed by atoms with Gasteiger partial charge >= 0.3 is 0 Å². The topological polar surface area (TPSA) is 32.3 Å². The summed E-state index contributed by atoms with van der Waals surface area (Å²) in [6, 6.07) is 6.00. The lowest BCUT2D eigenvalue weighted by Gasteiger charge is -2.20. The molecule has 0 saturated carbocycles. The van der Waals surface area contributed by atoms with Crippen LogP contribution in [0.4, 0.5) is 5.69 Å². The number of carbonyl (C=O) groups excluding carboxylic acids is 1. The van der Waals surface area contributed by atoms with Crippen molar-refractivity contribution in [3.8, 4) is 0 Å². The number of benzene rings is 1. The van der Waals surface area contributed by atoms with E-state index in [0.29, 0.717) is 5.75 Å². The molecule has 0 saturated heterocycles. The van der Waals surface area contributed by atoms with Crippen molar-refractivity contribution in [3.63, 3.8) is 0 Å². The second kappa shape index (κ2) is 8.27. The van der Waals surface area contributed by atoms with Crippen molar-refractivity contribution >= 4 is 39.9 Å². The van der Waals surface area contributed by atoms with E-state index in [0.717, 1.165) is 28.7 Å². The molecule has 0 heterocycles. The highest BCUT2D eigenvalue weighted by Crippen LogP contribution is 2.17. The van der Waals surface area contributed by atoms with Gasteiger partial charge in [0.1, 0.15) is 4.32 Å². The normalized spacial score (nSPS) is 10.2. The van der Waals surface area contributed by atoms with E-state index in [1.807, 2.05) is 26.0 Å². The van der Waals surface area contributed by atoms with Crippen molar-refractivity contribution < 1.29 is 4.79 Å². The zero-order valence-corrected chi connectivity index (χ0v) is 14.2. The van der Waals surface area contributed by atoms with Crippen molar-refractivity contribution in [3.05, 3.63) is 29.3 Å². The minimum atomic E-state index is -0.0172. The van der Waals surface area contributed by atoms with Crippen LogP contribution in [0.1, 0.15) is 25.0 Å². The molecule has 0 aliphatic carbocycles. The van der Waals surface area contributed by atoms with E-state index in [1.54, 1.807) is 0 Å². The molecular weight excluding hydrogens is 288 g/mol. The maximum Gasteiger partial charge on any atom is 0.234 e. The van der Waals surface area contributed by atoms with Gasteiger partial charge in [0.2, 0.25) is 5.91 Å². The number of nitrogens with zero attached hydrogens (tertiary/aromatic N) is 1.